The Morgan fingerprint density at radius 1 is 1.42 bits per heavy atom. The molecule has 0 aliphatic heterocycles. The summed E-state index contributed by atoms with van der Waals surface area (Å²) in [6, 6.07) is 5.91. The van der Waals surface area contributed by atoms with Crippen molar-refractivity contribution in [2.45, 2.75) is 19.9 Å². The van der Waals surface area contributed by atoms with Gasteiger partial charge in [-0.3, -0.25) is 4.79 Å². The Morgan fingerprint density at radius 2 is 2.16 bits per heavy atom. The van der Waals surface area contributed by atoms with Crippen LogP contribution in [0.4, 0.5) is 15.9 Å². The van der Waals surface area contributed by atoms with E-state index in [1.807, 2.05) is 13.8 Å². The first kappa shape index (κ1) is 13.1. The van der Waals surface area contributed by atoms with Crippen LogP contribution in [0.2, 0.25) is 0 Å². The van der Waals surface area contributed by atoms with Crippen molar-refractivity contribution in [3.05, 3.63) is 41.8 Å². The zero-order chi connectivity index (χ0) is 14.0. The summed E-state index contributed by atoms with van der Waals surface area (Å²) < 4.78 is 15.0. The number of nitrogens with zero attached hydrogens (tertiary/aromatic N) is 2. The number of para-hydroxylation sites is 1. The second kappa shape index (κ2) is 5.09. The van der Waals surface area contributed by atoms with Gasteiger partial charge in [0.25, 0.3) is 5.91 Å². The van der Waals surface area contributed by atoms with Crippen LogP contribution in [0.25, 0.3) is 0 Å². The first-order chi connectivity index (χ1) is 9.00. The second-order valence-corrected chi connectivity index (χ2v) is 4.41. The summed E-state index contributed by atoms with van der Waals surface area (Å²) in [5.74, 6) is -0.520. The van der Waals surface area contributed by atoms with Crippen LogP contribution in [0.1, 0.15) is 30.2 Å². The average molecular weight is 262 g/mol. The predicted octanol–water partition coefficient (Wildman–Crippen LogP) is 2.44. The SMILES string of the molecule is CC(C)n1nccc1NC(=O)c1cccc(F)c1N. The Morgan fingerprint density at radius 3 is 2.84 bits per heavy atom. The maximum atomic E-state index is 13.3. The van der Waals surface area contributed by atoms with Crippen molar-refractivity contribution in [3.63, 3.8) is 0 Å². The van der Waals surface area contributed by atoms with Crippen molar-refractivity contribution in [2.24, 2.45) is 0 Å². The summed E-state index contributed by atoms with van der Waals surface area (Å²) in [7, 11) is 0. The Labute approximate surface area is 110 Å². The van der Waals surface area contributed by atoms with Crippen LogP contribution < -0.4 is 11.1 Å². The minimum absolute atomic E-state index is 0.107. The van der Waals surface area contributed by atoms with E-state index in [-0.39, 0.29) is 17.3 Å². The molecule has 19 heavy (non-hydrogen) atoms. The molecule has 0 radical (unpaired) electrons. The summed E-state index contributed by atoms with van der Waals surface area (Å²) in [6.07, 6.45) is 1.59. The van der Waals surface area contributed by atoms with Gasteiger partial charge in [0.2, 0.25) is 0 Å². The molecule has 0 saturated heterocycles. The zero-order valence-corrected chi connectivity index (χ0v) is 10.7. The summed E-state index contributed by atoms with van der Waals surface area (Å²) in [6.45, 7) is 3.89. The van der Waals surface area contributed by atoms with E-state index < -0.39 is 11.7 Å². The van der Waals surface area contributed by atoms with Gasteiger partial charge >= 0.3 is 0 Å². The molecule has 1 amide bonds. The lowest BCUT2D eigenvalue weighted by atomic mass is 10.1. The molecule has 0 unspecified atom stereocenters. The van der Waals surface area contributed by atoms with Crippen molar-refractivity contribution < 1.29 is 9.18 Å². The highest BCUT2D eigenvalue weighted by Gasteiger charge is 2.15. The van der Waals surface area contributed by atoms with E-state index in [1.54, 1.807) is 16.9 Å². The minimum Gasteiger partial charge on any atom is -0.396 e. The van der Waals surface area contributed by atoms with Gasteiger partial charge in [0.1, 0.15) is 11.6 Å². The van der Waals surface area contributed by atoms with Crippen molar-refractivity contribution in [1.29, 1.82) is 0 Å². The van der Waals surface area contributed by atoms with Crippen molar-refractivity contribution in [1.82, 2.24) is 9.78 Å². The number of rotatable bonds is 3. The lowest BCUT2D eigenvalue weighted by molar-refractivity contribution is 0.102. The third-order valence-electron chi connectivity index (χ3n) is 2.70. The highest BCUT2D eigenvalue weighted by atomic mass is 19.1. The first-order valence-electron chi connectivity index (χ1n) is 5.89. The number of hydrogen-bond donors (Lipinski definition) is 2. The number of nitrogens with two attached hydrogens (primary N) is 1. The van der Waals surface area contributed by atoms with Gasteiger partial charge in [-0.2, -0.15) is 5.10 Å². The van der Waals surface area contributed by atoms with Gasteiger partial charge in [-0.15, -0.1) is 0 Å². The van der Waals surface area contributed by atoms with Crippen molar-refractivity contribution in [3.8, 4) is 0 Å². The van der Waals surface area contributed by atoms with E-state index in [0.717, 1.165) is 0 Å². The number of carbonyl (C=O) groups excluding carboxylic acids is 1. The van der Waals surface area contributed by atoms with E-state index in [4.69, 9.17) is 5.73 Å². The number of carbonyl (C=O) groups is 1. The number of amides is 1. The van der Waals surface area contributed by atoms with Gasteiger partial charge in [-0.25, -0.2) is 9.07 Å². The van der Waals surface area contributed by atoms with E-state index in [0.29, 0.717) is 5.82 Å². The lowest BCUT2D eigenvalue weighted by Crippen LogP contribution is -2.18. The molecule has 100 valence electrons. The molecule has 0 saturated carbocycles. The summed E-state index contributed by atoms with van der Waals surface area (Å²) in [5, 5.41) is 6.77. The third kappa shape index (κ3) is 2.57. The molecular formula is C13H15FN4O. The van der Waals surface area contributed by atoms with Gasteiger partial charge in [-0.1, -0.05) is 6.07 Å². The van der Waals surface area contributed by atoms with E-state index in [2.05, 4.69) is 10.4 Å². The standard InChI is InChI=1S/C13H15FN4O/c1-8(2)18-11(6-7-16-18)17-13(19)9-4-3-5-10(14)12(9)15/h3-8H,15H2,1-2H3,(H,17,19). The van der Waals surface area contributed by atoms with Crippen molar-refractivity contribution in [2.75, 3.05) is 11.1 Å². The fraction of sp³-hybridized carbons (Fsp3) is 0.231. The van der Waals surface area contributed by atoms with E-state index in [1.165, 1.54) is 18.2 Å². The number of halogens is 1. The highest BCUT2D eigenvalue weighted by molar-refractivity contribution is 6.07. The molecule has 0 fully saturated rings. The monoisotopic (exact) mass is 262 g/mol. The van der Waals surface area contributed by atoms with Gasteiger partial charge in [0, 0.05) is 12.1 Å². The van der Waals surface area contributed by atoms with Gasteiger partial charge < -0.3 is 11.1 Å². The molecule has 2 rings (SSSR count). The smallest absolute Gasteiger partial charge is 0.259 e. The summed E-state index contributed by atoms with van der Waals surface area (Å²) in [4.78, 5) is 12.1. The number of aromatic nitrogens is 2. The number of hydrogen-bond acceptors (Lipinski definition) is 3. The van der Waals surface area contributed by atoms with Gasteiger partial charge in [0.15, 0.2) is 0 Å². The van der Waals surface area contributed by atoms with Gasteiger partial charge in [-0.05, 0) is 26.0 Å². The van der Waals surface area contributed by atoms with E-state index in [9.17, 15) is 9.18 Å². The van der Waals surface area contributed by atoms with Crippen LogP contribution >= 0.6 is 0 Å². The molecule has 1 aromatic carbocycles. The third-order valence-corrected chi connectivity index (χ3v) is 2.70. The van der Waals surface area contributed by atoms with E-state index >= 15 is 0 Å². The number of nitrogen functional groups attached to an aromatic ring is 1. The Kier molecular flexibility index (Phi) is 3.50. The molecule has 2 aromatic rings. The Hall–Kier alpha value is -2.37. The minimum atomic E-state index is -0.606. The maximum absolute atomic E-state index is 13.3. The summed E-state index contributed by atoms with van der Waals surface area (Å²) in [5.41, 5.74) is 5.50. The molecule has 5 nitrogen and oxygen atoms in total. The molecule has 3 N–H and O–H groups in total. The zero-order valence-electron chi connectivity index (χ0n) is 10.7. The Balaban J connectivity index is 2.26. The van der Waals surface area contributed by atoms with Gasteiger partial charge in [0.05, 0.1) is 17.4 Å². The van der Waals surface area contributed by atoms with Crippen LogP contribution in [0.3, 0.4) is 0 Å². The maximum Gasteiger partial charge on any atom is 0.259 e. The lowest BCUT2D eigenvalue weighted by Gasteiger charge is -2.12. The highest BCUT2D eigenvalue weighted by Crippen LogP contribution is 2.19. The van der Waals surface area contributed by atoms with Crippen LogP contribution in [0, 0.1) is 5.82 Å². The molecule has 1 heterocycles. The fourth-order valence-corrected chi connectivity index (χ4v) is 1.74. The molecule has 0 bridgehead atoms. The summed E-state index contributed by atoms with van der Waals surface area (Å²) >= 11 is 0. The molecule has 0 spiro atoms. The molecule has 1 aromatic heterocycles. The molecule has 0 aliphatic carbocycles. The van der Waals surface area contributed by atoms with Crippen molar-refractivity contribution >= 4 is 17.4 Å². The van der Waals surface area contributed by atoms with Crippen LogP contribution in [-0.2, 0) is 0 Å². The number of anilines is 2. The van der Waals surface area contributed by atoms with Crippen LogP contribution in [0.15, 0.2) is 30.5 Å². The van der Waals surface area contributed by atoms with Crippen LogP contribution in [0.5, 0.6) is 0 Å². The first-order valence-corrected chi connectivity index (χ1v) is 5.89. The number of nitrogens with one attached hydrogen (secondary N) is 1. The number of benzene rings is 1. The second-order valence-electron chi connectivity index (χ2n) is 4.41. The fourth-order valence-electron chi connectivity index (χ4n) is 1.74. The molecule has 0 atom stereocenters. The largest absolute Gasteiger partial charge is 0.396 e. The Bertz CT molecular complexity index is 606. The topological polar surface area (TPSA) is 72.9 Å². The van der Waals surface area contributed by atoms with Crippen LogP contribution in [-0.4, -0.2) is 15.7 Å². The average Bonchev–Trinajstić information content (AvgIpc) is 2.80. The molecular weight excluding hydrogens is 247 g/mol. The molecule has 6 heteroatoms. The quantitative estimate of drug-likeness (QED) is 0.834. The molecule has 0 aliphatic rings. The normalized spacial score (nSPS) is 10.7. The predicted molar refractivity (Wildman–Crippen MR) is 71.4 cm³/mol.